The van der Waals surface area contributed by atoms with Gasteiger partial charge < -0.3 is 34.6 Å². The van der Waals surface area contributed by atoms with Gasteiger partial charge in [0.15, 0.2) is 5.50 Å². The van der Waals surface area contributed by atoms with Crippen LogP contribution in [0.2, 0.25) is 0 Å². The largest absolute Gasteiger partial charge is 6.00 e. The zero-order valence-corrected chi connectivity index (χ0v) is 41.3. The van der Waals surface area contributed by atoms with Crippen molar-refractivity contribution in [3.63, 3.8) is 0 Å². The standard InChI is InChI=1S/C21H26N2S.C21H45P.C4H10.2ClH.Ru/c1-13-9-15(3)19(16(4)10-13)22-7-8-23(21(22)24)20-17(5)11-14(2)12-18(20)6;1-4-7-10-13-16-19-22(20-17-14-11-8-5-2)21-18-15-12-9-6-3;1-4(2)3;;;/h7-12,21,24H,1-6H3;4-21H2,1-3H3;4H,1-3H3;2*1H;/q;;;;;+6/p-2. The summed E-state index contributed by atoms with van der Waals surface area (Å²) >= 11 is 4.94. The summed E-state index contributed by atoms with van der Waals surface area (Å²) in [4.78, 5) is 4.51. The maximum absolute atomic E-state index is 4.94. The number of thiol groups is 1. The zero-order valence-electron chi connectivity index (χ0n) is 36.2. The normalized spacial score (nSPS) is 12.1. The predicted molar refractivity (Wildman–Crippen MR) is 236 cm³/mol. The Bertz CT molecular complexity index is 1070. The molecule has 0 spiro atoms. The van der Waals surface area contributed by atoms with Gasteiger partial charge in [0.05, 0.1) is 0 Å². The second-order valence-corrected chi connectivity index (χ2v) is 18.9. The topological polar surface area (TPSA) is 6.48 Å². The van der Waals surface area contributed by atoms with Crippen LogP contribution in [0.3, 0.4) is 0 Å². The molecule has 0 radical (unpaired) electrons. The summed E-state index contributed by atoms with van der Waals surface area (Å²) in [5.41, 5.74) is 10.2. The first-order valence-corrected chi connectivity index (χ1v) is 23.1. The molecule has 0 aliphatic carbocycles. The van der Waals surface area contributed by atoms with E-state index in [0.29, 0.717) is 7.92 Å². The summed E-state index contributed by atoms with van der Waals surface area (Å²) < 4.78 is 0. The number of anilines is 2. The van der Waals surface area contributed by atoms with Gasteiger partial charge in [0.2, 0.25) is 0 Å². The first-order chi connectivity index (χ1) is 23.9. The van der Waals surface area contributed by atoms with Crippen LogP contribution in [0.1, 0.15) is 171 Å². The molecule has 1 aliphatic heterocycles. The summed E-state index contributed by atoms with van der Waals surface area (Å²) in [7, 11) is 0.377. The molecule has 0 atom stereocenters. The number of aryl methyl sites for hydroxylation is 6. The van der Waals surface area contributed by atoms with Crippen molar-refractivity contribution in [1.29, 1.82) is 0 Å². The van der Waals surface area contributed by atoms with Crippen molar-refractivity contribution < 1.29 is 44.3 Å². The minimum absolute atomic E-state index is 0. The molecule has 0 fully saturated rings. The zero-order chi connectivity index (χ0) is 37.5. The second kappa shape index (κ2) is 33.9. The molecule has 0 N–H and O–H groups in total. The fraction of sp³-hybridized carbons (Fsp3) is 0.696. The summed E-state index contributed by atoms with van der Waals surface area (Å²) in [6, 6.07) is 8.95. The maximum Gasteiger partial charge on any atom is 6.00 e. The number of unbranched alkanes of at least 4 members (excludes halogenated alkanes) is 12. The van der Waals surface area contributed by atoms with Gasteiger partial charge in [-0.1, -0.05) is 154 Å². The third-order valence-electron chi connectivity index (χ3n) is 9.41. The number of benzene rings is 2. The molecule has 7 heteroatoms. The Morgan fingerprint density at radius 1 is 0.509 bits per heavy atom. The molecule has 3 rings (SSSR count). The van der Waals surface area contributed by atoms with Gasteiger partial charge in [-0.2, -0.15) is 0 Å². The molecule has 2 aromatic rings. The molecule has 0 amide bonds. The number of hydrogen-bond acceptors (Lipinski definition) is 3. The van der Waals surface area contributed by atoms with E-state index in [1.54, 1.807) is 18.5 Å². The predicted octanol–water partition coefficient (Wildman–Crippen LogP) is 9.60. The van der Waals surface area contributed by atoms with Crippen LogP contribution < -0.4 is 34.6 Å². The van der Waals surface area contributed by atoms with Crippen LogP contribution in [0.25, 0.3) is 0 Å². The Kier molecular flexibility index (Phi) is 36.5. The maximum atomic E-state index is 4.94. The molecule has 304 valence electrons. The van der Waals surface area contributed by atoms with Gasteiger partial charge >= 0.3 is 19.5 Å². The summed E-state index contributed by atoms with van der Waals surface area (Å²) in [6.07, 6.45) is 31.0. The minimum atomic E-state index is -0.0368. The molecule has 0 aromatic heterocycles. The van der Waals surface area contributed by atoms with E-state index in [0.717, 1.165) is 5.92 Å². The van der Waals surface area contributed by atoms with E-state index in [2.05, 4.69) is 130 Å². The average molecular weight is 897 g/mol. The van der Waals surface area contributed by atoms with Gasteiger partial charge in [0, 0.05) is 23.8 Å². The molecule has 0 saturated heterocycles. The number of halogens is 2. The van der Waals surface area contributed by atoms with Gasteiger partial charge in [-0.15, -0.1) is 20.6 Å². The van der Waals surface area contributed by atoms with Crippen molar-refractivity contribution in [2.75, 3.05) is 28.3 Å². The van der Waals surface area contributed by atoms with Gasteiger partial charge in [0.1, 0.15) is 0 Å². The molecule has 1 heterocycles. The Morgan fingerprint density at radius 2 is 0.755 bits per heavy atom. The van der Waals surface area contributed by atoms with Crippen molar-refractivity contribution in [1.82, 2.24) is 0 Å². The van der Waals surface area contributed by atoms with E-state index in [1.165, 1.54) is 141 Å². The van der Waals surface area contributed by atoms with Gasteiger partial charge in [-0.3, -0.25) is 0 Å². The van der Waals surface area contributed by atoms with Crippen LogP contribution >= 0.6 is 20.6 Å². The van der Waals surface area contributed by atoms with E-state index < -0.39 is 0 Å². The fourth-order valence-corrected chi connectivity index (χ4v) is 10.2. The monoisotopic (exact) mass is 896 g/mol. The molecule has 1 aliphatic rings. The smallest absolute Gasteiger partial charge is 1.00 e. The van der Waals surface area contributed by atoms with Crippen LogP contribution in [0.5, 0.6) is 0 Å². The Labute approximate surface area is 363 Å². The van der Waals surface area contributed by atoms with Gasteiger partial charge in [0.25, 0.3) is 0 Å². The number of nitrogens with zero attached hydrogens (tertiary/aromatic N) is 2. The summed E-state index contributed by atoms with van der Waals surface area (Å²) in [5.74, 6) is 0.833. The van der Waals surface area contributed by atoms with Crippen molar-refractivity contribution >= 4 is 31.9 Å². The van der Waals surface area contributed by atoms with E-state index in [-0.39, 0.29) is 49.8 Å². The summed E-state index contributed by atoms with van der Waals surface area (Å²) in [6.45, 7) is 26.4. The fourth-order valence-electron chi connectivity index (χ4n) is 7.12. The molecule has 0 unspecified atom stereocenters. The van der Waals surface area contributed by atoms with E-state index >= 15 is 0 Å². The first-order valence-electron chi connectivity index (χ1n) is 20.7. The molecule has 2 nitrogen and oxygen atoms in total. The van der Waals surface area contributed by atoms with Crippen molar-refractivity contribution in [2.24, 2.45) is 5.92 Å². The van der Waals surface area contributed by atoms with Gasteiger partial charge in [-0.25, -0.2) is 0 Å². The van der Waals surface area contributed by atoms with Crippen LogP contribution in [0, 0.1) is 47.5 Å². The average Bonchev–Trinajstić information content (AvgIpc) is 3.39. The van der Waals surface area contributed by atoms with E-state index in [9.17, 15) is 0 Å². The molecule has 0 bridgehead atoms. The molecule has 0 saturated carbocycles. The van der Waals surface area contributed by atoms with E-state index in [4.69, 9.17) is 12.6 Å². The first kappa shape index (κ1) is 57.1. The molecular formula is C46H81Cl2N2PRuS+4. The van der Waals surface area contributed by atoms with Crippen LogP contribution in [-0.4, -0.2) is 24.0 Å². The third-order valence-corrected chi connectivity index (χ3v) is 12.8. The number of rotatable bonds is 20. The van der Waals surface area contributed by atoms with Crippen LogP contribution in [0.15, 0.2) is 36.7 Å². The quantitative estimate of drug-likeness (QED) is 0.0613. The van der Waals surface area contributed by atoms with E-state index in [1.807, 2.05) is 0 Å². The minimum Gasteiger partial charge on any atom is -1.00 e. The Balaban J connectivity index is -0.000000818. The third kappa shape index (κ3) is 23.6. The van der Waals surface area contributed by atoms with Crippen LogP contribution in [-0.2, 0) is 19.5 Å². The summed E-state index contributed by atoms with van der Waals surface area (Å²) in [5, 5.41) is 0. The Morgan fingerprint density at radius 3 is 1.00 bits per heavy atom. The van der Waals surface area contributed by atoms with Gasteiger partial charge in [-0.05, 0) is 107 Å². The van der Waals surface area contributed by atoms with Crippen molar-refractivity contribution in [3.8, 4) is 0 Å². The van der Waals surface area contributed by atoms with Crippen molar-refractivity contribution in [3.05, 3.63) is 70.0 Å². The second-order valence-electron chi connectivity index (χ2n) is 15.8. The van der Waals surface area contributed by atoms with Crippen molar-refractivity contribution in [2.45, 2.75) is 185 Å². The SMILES string of the molecule is CC(C)C.CCCCCCCP(CCCCCCC)CCCCCCC.Cc1cc(C)c(N2C=CN(c3c(C)cc(C)cc3C)C2S)c(C)c1.[Cl-].[Cl-].[Ru+6]. The Hall–Kier alpha value is -0.237. The molecular weight excluding hydrogens is 816 g/mol. The van der Waals surface area contributed by atoms with Crippen LogP contribution in [0.4, 0.5) is 11.4 Å². The number of hydrogen-bond donors (Lipinski definition) is 1. The molecule has 53 heavy (non-hydrogen) atoms. The molecule has 2 aromatic carbocycles.